The van der Waals surface area contributed by atoms with Crippen LogP contribution < -0.4 is 0 Å². The topological polar surface area (TPSA) is 49.7 Å². The molecule has 0 bridgehead atoms. The smallest absolute Gasteiger partial charge is 0.112 e. The average molecular weight is 114 g/mol. The highest BCUT2D eigenvalue weighted by Gasteiger charge is 2.29. The summed E-state index contributed by atoms with van der Waals surface area (Å²) in [6.45, 7) is 0.141. The SMILES string of the molecule is [B][C@@H]1OCC(O)[C@@H]1O. The molecular weight excluding hydrogens is 107 g/mol. The van der Waals surface area contributed by atoms with E-state index in [0.717, 1.165) is 0 Å². The van der Waals surface area contributed by atoms with Crippen molar-refractivity contribution in [1.82, 2.24) is 0 Å². The molecule has 1 aliphatic rings. The first-order chi connectivity index (χ1) is 3.72. The zero-order valence-electron chi connectivity index (χ0n) is 4.32. The lowest BCUT2D eigenvalue weighted by Gasteiger charge is -2.07. The Morgan fingerprint density at radius 1 is 1.50 bits per heavy atom. The van der Waals surface area contributed by atoms with Crippen molar-refractivity contribution in [3.63, 3.8) is 0 Å². The van der Waals surface area contributed by atoms with Gasteiger partial charge in [0.05, 0.1) is 12.7 Å². The van der Waals surface area contributed by atoms with Crippen molar-refractivity contribution in [2.24, 2.45) is 0 Å². The van der Waals surface area contributed by atoms with E-state index in [1.807, 2.05) is 0 Å². The first kappa shape index (κ1) is 6.07. The minimum absolute atomic E-state index is 0.141. The number of aliphatic hydroxyl groups is 2. The van der Waals surface area contributed by atoms with Crippen molar-refractivity contribution in [2.75, 3.05) is 6.61 Å². The van der Waals surface area contributed by atoms with Crippen LogP contribution in [0.1, 0.15) is 0 Å². The lowest BCUT2D eigenvalue weighted by Crippen LogP contribution is -2.29. The summed E-state index contributed by atoms with van der Waals surface area (Å²) in [4.78, 5) is 0. The third kappa shape index (κ3) is 0.867. The van der Waals surface area contributed by atoms with Crippen LogP contribution in [0.2, 0.25) is 0 Å². The molecule has 4 heteroatoms. The summed E-state index contributed by atoms with van der Waals surface area (Å²) in [6, 6.07) is -0.704. The molecule has 44 valence electrons. The second kappa shape index (κ2) is 2.05. The summed E-state index contributed by atoms with van der Waals surface area (Å²) in [5.41, 5.74) is 0. The zero-order valence-corrected chi connectivity index (χ0v) is 4.32. The molecule has 0 amide bonds. The summed E-state index contributed by atoms with van der Waals surface area (Å²) >= 11 is 0. The Labute approximate surface area is 48.7 Å². The molecule has 3 nitrogen and oxygen atoms in total. The second-order valence-electron chi connectivity index (χ2n) is 1.86. The van der Waals surface area contributed by atoms with E-state index in [9.17, 15) is 0 Å². The molecule has 2 radical (unpaired) electrons. The van der Waals surface area contributed by atoms with Crippen LogP contribution in [0.3, 0.4) is 0 Å². The Balaban J connectivity index is 2.44. The first-order valence-electron chi connectivity index (χ1n) is 2.45. The highest BCUT2D eigenvalue weighted by molar-refractivity contribution is 6.11. The maximum atomic E-state index is 8.77. The number of hydrogen-bond acceptors (Lipinski definition) is 3. The summed E-state index contributed by atoms with van der Waals surface area (Å²) in [7, 11) is 5.14. The Hall–Kier alpha value is -0.0551. The molecule has 1 aliphatic heterocycles. The summed E-state index contributed by atoms with van der Waals surface area (Å²) in [5, 5.41) is 17.5. The lowest BCUT2D eigenvalue weighted by molar-refractivity contribution is 0.0502. The third-order valence-electron chi connectivity index (χ3n) is 1.19. The van der Waals surface area contributed by atoms with Gasteiger partial charge in [-0.05, 0) is 0 Å². The number of aliphatic hydroxyl groups excluding tert-OH is 2. The van der Waals surface area contributed by atoms with Crippen molar-refractivity contribution in [3.8, 4) is 0 Å². The van der Waals surface area contributed by atoms with Crippen molar-refractivity contribution in [3.05, 3.63) is 0 Å². The van der Waals surface area contributed by atoms with E-state index in [4.69, 9.17) is 18.1 Å². The van der Waals surface area contributed by atoms with Crippen LogP contribution >= 0.6 is 0 Å². The van der Waals surface area contributed by atoms with Gasteiger partial charge in [-0.25, -0.2) is 0 Å². The van der Waals surface area contributed by atoms with Gasteiger partial charge in [0.15, 0.2) is 0 Å². The van der Waals surface area contributed by atoms with Gasteiger partial charge >= 0.3 is 0 Å². The molecule has 1 fully saturated rings. The molecule has 1 rings (SSSR count). The van der Waals surface area contributed by atoms with Crippen molar-refractivity contribution >= 4 is 7.85 Å². The molecule has 0 spiro atoms. The quantitative estimate of drug-likeness (QED) is 0.366. The van der Waals surface area contributed by atoms with Crippen molar-refractivity contribution < 1.29 is 14.9 Å². The highest BCUT2D eigenvalue weighted by atomic mass is 16.5. The molecular formula is C4H7BO3. The van der Waals surface area contributed by atoms with Crippen LogP contribution in [0.15, 0.2) is 0 Å². The van der Waals surface area contributed by atoms with E-state index in [-0.39, 0.29) is 6.61 Å². The second-order valence-corrected chi connectivity index (χ2v) is 1.86. The van der Waals surface area contributed by atoms with Gasteiger partial charge < -0.3 is 14.9 Å². The lowest BCUT2D eigenvalue weighted by atomic mass is 9.94. The van der Waals surface area contributed by atoms with Crippen LogP contribution in [0.5, 0.6) is 0 Å². The first-order valence-corrected chi connectivity index (χ1v) is 2.45. The predicted octanol–water partition coefficient (Wildman–Crippen LogP) is -1.77. The van der Waals surface area contributed by atoms with E-state index < -0.39 is 18.2 Å². The van der Waals surface area contributed by atoms with Crippen LogP contribution in [0.25, 0.3) is 0 Å². The minimum atomic E-state index is -0.907. The summed E-state index contributed by atoms with van der Waals surface area (Å²) in [5.74, 6) is 0. The van der Waals surface area contributed by atoms with Crippen molar-refractivity contribution in [2.45, 2.75) is 18.2 Å². The van der Waals surface area contributed by atoms with Crippen LogP contribution in [0.4, 0.5) is 0 Å². The van der Waals surface area contributed by atoms with E-state index in [1.54, 1.807) is 0 Å². The normalized spacial score (nSPS) is 47.5. The molecule has 8 heavy (non-hydrogen) atoms. The minimum Gasteiger partial charge on any atom is -0.388 e. The van der Waals surface area contributed by atoms with Gasteiger partial charge in [0.2, 0.25) is 0 Å². The van der Waals surface area contributed by atoms with Gasteiger partial charge in [0, 0.05) is 6.00 Å². The van der Waals surface area contributed by atoms with E-state index in [1.165, 1.54) is 0 Å². The molecule has 0 saturated carbocycles. The van der Waals surface area contributed by atoms with Crippen LogP contribution in [-0.2, 0) is 4.74 Å². The average Bonchev–Trinajstić information content (AvgIpc) is 1.98. The molecule has 1 heterocycles. The molecule has 1 saturated heterocycles. The molecule has 0 aromatic carbocycles. The molecule has 0 aromatic heterocycles. The van der Waals surface area contributed by atoms with Crippen LogP contribution in [-0.4, -0.2) is 42.9 Å². The number of hydrogen-bond donors (Lipinski definition) is 2. The maximum absolute atomic E-state index is 8.77. The molecule has 0 aromatic rings. The molecule has 0 aliphatic carbocycles. The van der Waals surface area contributed by atoms with E-state index in [2.05, 4.69) is 4.74 Å². The monoisotopic (exact) mass is 114 g/mol. The Kier molecular flexibility index (Phi) is 1.55. The summed E-state index contributed by atoms with van der Waals surface area (Å²) in [6.07, 6.45) is -1.71. The van der Waals surface area contributed by atoms with Gasteiger partial charge in [-0.3, -0.25) is 0 Å². The van der Waals surface area contributed by atoms with E-state index >= 15 is 0 Å². The largest absolute Gasteiger partial charge is 0.388 e. The van der Waals surface area contributed by atoms with Gasteiger partial charge in [0.1, 0.15) is 14.0 Å². The van der Waals surface area contributed by atoms with Gasteiger partial charge in [-0.2, -0.15) is 0 Å². The third-order valence-corrected chi connectivity index (χ3v) is 1.19. The van der Waals surface area contributed by atoms with E-state index in [0.29, 0.717) is 0 Å². The van der Waals surface area contributed by atoms with Crippen LogP contribution in [0, 0.1) is 0 Å². The fourth-order valence-electron chi connectivity index (χ4n) is 0.626. The van der Waals surface area contributed by atoms with Crippen molar-refractivity contribution in [1.29, 1.82) is 0 Å². The molecule has 1 unspecified atom stereocenters. The van der Waals surface area contributed by atoms with Gasteiger partial charge in [-0.1, -0.05) is 0 Å². The molecule has 2 N–H and O–H groups in total. The fourth-order valence-corrected chi connectivity index (χ4v) is 0.626. The fraction of sp³-hybridized carbons (Fsp3) is 1.00. The highest BCUT2D eigenvalue weighted by Crippen LogP contribution is 2.09. The van der Waals surface area contributed by atoms with Gasteiger partial charge in [-0.15, -0.1) is 0 Å². The Morgan fingerprint density at radius 2 is 2.12 bits per heavy atom. The Morgan fingerprint density at radius 3 is 2.25 bits per heavy atom. The number of rotatable bonds is 0. The summed E-state index contributed by atoms with van der Waals surface area (Å²) < 4.78 is 4.66. The molecule has 3 atom stereocenters. The predicted molar refractivity (Wildman–Crippen MR) is 27.5 cm³/mol. The maximum Gasteiger partial charge on any atom is 0.112 e. The Bertz CT molecular complexity index is 77.4. The standard InChI is InChI=1S/C4H7BO3/c5-4-3(7)2(6)1-8-4/h2-4,6-7H,1H2/t2?,3-,4+/m0/s1. The number of ether oxygens (including phenoxy) is 1. The van der Waals surface area contributed by atoms with Gasteiger partial charge in [0.25, 0.3) is 0 Å². The zero-order chi connectivity index (χ0) is 6.15.